The minimum absolute atomic E-state index is 0.115. The summed E-state index contributed by atoms with van der Waals surface area (Å²) in [6, 6.07) is 7.20. The van der Waals surface area contributed by atoms with Gasteiger partial charge >= 0.3 is 5.97 Å². The molecule has 1 fully saturated rings. The smallest absolute Gasteiger partial charge is 0.335 e. The van der Waals surface area contributed by atoms with Gasteiger partial charge in [0.1, 0.15) is 0 Å². The lowest BCUT2D eigenvalue weighted by molar-refractivity contribution is 0.0697. The molecule has 2 unspecified atom stereocenters. The first-order valence-corrected chi connectivity index (χ1v) is 5.50. The van der Waals surface area contributed by atoms with Gasteiger partial charge in [0.15, 0.2) is 0 Å². The zero-order valence-electron chi connectivity index (χ0n) is 9.02. The van der Waals surface area contributed by atoms with Gasteiger partial charge < -0.3 is 16.2 Å². The Bertz CT molecular complexity index is 375. The van der Waals surface area contributed by atoms with Crippen LogP contribution in [0.4, 0.5) is 0 Å². The van der Waals surface area contributed by atoms with Gasteiger partial charge in [-0.05, 0) is 37.1 Å². The third kappa shape index (κ3) is 2.23. The number of benzene rings is 1. The van der Waals surface area contributed by atoms with E-state index in [1.54, 1.807) is 12.1 Å². The van der Waals surface area contributed by atoms with E-state index < -0.39 is 5.97 Å². The molecule has 1 aliphatic heterocycles. The molecule has 0 amide bonds. The number of hydrogen-bond donors (Lipinski definition) is 3. The molecule has 1 aromatic carbocycles. The second-order valence-corrected chi connectivity index (χ2v) is 4.17. The molecule has 0 saturated carbocycles. The van der Waals surface area contributed by atoms with Gasteiger partial charge in [0.25, 0.3) is 0 Å². The van der Waals surface area contributed by atoms with Crippen molar-refractivity contribution in [3.05, 3.63) is 35.4 Å². The highest BCUT2D eigenvalue weighted by Crippen LogP contribution is 2.22. The monoisotopic (exact) mass is 220 g/mol. The van der Waals surface area contributed by atoms with Crippen molar-refractivity contribution in [3.8, 4) is 0 Å². The summed E-state index contributed by atoms with van der Waals surface area (Å²) in [5.41, 5.74) is 7.41. The van der Waals surface area contributed by atoms with E-state index in [-0.39, 0.29) is 12.1 Å². The lowest BCUT2D eigenvalue weighted by atomic mass is 9.92. The SMILES string of the molecule is NC1CCCNC1c1ccc(C(=O)O)cc1. The highest BCUT2D eigenvalue weighted by Gasteiger charge is 2.22. The molecule has 1 heterocycles. The minimum Gasteiger partial charge on any atom is -0.478 e. The summed E-state index contributed by atoms with van der Waals surface area (Å²) in [7, 11) is 0. The van der Waals surface area contributed by atoms with Crippen molar-refractivity contribution >= 4 is 5.97 Å². The topological polar surface area (TPSA) is 75.3 Å². The van der Waals surface area contributed by atoms with Gasteiger partial charge in [-0.2, -0.15) is 0 Å². The van der Waals surface area contributed by atoms with E-state index in [1.807, 2.05) is 12.1 Å². The third-order valence-electron chi connectivity index (χ3n) is 3.02. The maximum absolute atomic E-state index is 10.7. The molecular weight excluding hydrogens is 204 g/mol. The van der Waals surface area contributed by atoms with E-state index in [1.165, 1.54) is 0 Å². The van der Waals surface area contributed by atoms with Crippen LogP contribution in [0, 0.1) is 0 Å². The van der Waals surface area contributed by atoms with Crippen LogP contribution < -0.4 is 11.1 Å². The lowest BCUT2D eigenvalue weighted by Crippen LogP contribution is -2.42. The van der Waals surface area contributed by atoms with Crippen LogP contribution in [-0.4, -0.2) is 23.7 Å². The van der Waals surface area contributed by atoms with Gasteiger partial charge in [-0.1, -0.05) is 12.1 Å². The number of nitrogens with one attached hydrogen (secondary N) is 1. The molecule has 16 heavy (non-hydrogen) atoms. The normalized spacial score (nSPS) is 25.3. The molecule has 0 spiro atoms. The quantitative estimate of drug-likeness (QED) is 0.698. The molecule has 1 aromatic rings. The zero-order valence-corrected chi connectivity index (χ0v) is 9.02. The molecular formula is C12H16N2O2. The fourth-order valence-electron chi connectivity index (χ4n) is 2.11. The number of nitrogens with two attached hydrogens (primary N) is 1. The molecule has 0 aromatic heterocycles. The van der Waals surface area contributed by atoms with Crippen molar-refractivity contribution in [2.45, 2.75) is 24.9 Å². The predicted octanol–water partition coefficient (Wildman–Crippen LogP) is 1.14. The molecule has 4 heteroatoms. The zero-order chi connectivity index (χ0) is 11.5. The molecule has 0 aliphatic carbocycles. The van der Waals surface area contributed by atoms with E-state index in [9.17, 15) is 4.79 Å². The van der Waals surface area contributed by atoms with E-state index in [2.05, 4.69) is 5.32 Å². The van der Waals surface area contributed by atoms with Gasteiger partial charge in [-0.3, -0.25) is 0 Å². The summed E-state index contributed by atoms with van der Waals surface area (Å²) in [6.45, 7) is 0.971. The Balaban J connectivity index is 2.17. The summed E-state index contributed by atoms with van der Waals surface area (Å²) in [4.78, 5) is 10.7. The van der Waals surface area contributed by atoms with Gasteiger partial charge in [0.2, 0.25) is 0 Å². The number of hydrogen-bond acceptors (Lipinski definition) is 3. The number of piperidine rings is 1. The summed E-state index contributed by atoms with van der Waals surface area (Å²) in [5.74, 6) is -0.896. The highest BCUT2D eigenvalue weighted by molar-refractivity contribution is 5.87. The predicted molar refractivity (Wildman–Crippen MR) is 61.4 cm³/mol. The summed E-state index contributed by atoms with van der Waals surface area (Å²) >= 11 is 0. The molecule has 1 aliphatic rings. The van der Waals surface area contributed by atoms with Crippen molar-refractivity contribution in [1.29, 1.82) is 0 Å². The first kappa shape index (κ1) is 11.1. The lowest BCUT2D eigenvalue weighted by Gasteiger charge is -2.30. The van der Waals surface area contributed by atoms with Crippen molar-refractivity contribution in [3.63, 3.8) is 0 Å². The largest absolute Gasteiger partial charge is 0.478 e. The van der Waals surface area contributed by atoms with Crippen LogP contribution in [0.5, 0.6) is 0 Å². The molecule has 0 radical (unpaired) electrons. The Kier molecular flexibility index (Phi) is 3.22. The average molecular weight is 220 g/mol. The summed E-state index contributed by atoms with van der Waals surface area (Å²) in [5, 5.41) is 12.2. The first-order chi connectivity index (χ1) is 7.68. The highest BCUT2D eigenvalue weighted by atomic mass is 16.4. The Morgan fingerprint density at radius 2 is 2.06 bits per heavy atom. The maximum Gasteiger partial charge on any atom is 0.335 e. The second-order valence-electron chi connectivity index (χ2n) is 4.17. The fourth-order valence-corrected chi connectivity index (χ4v) is 2.11. The maximum atomic E-state index is 10.7. The van der Waals surface area contributed by atoms with Crippen molar-refractivity contribution in [1.82, 2.24) is 5.32 Å². The molecule has 1 saturated heterocycles. The molecule has 4 nitrogen and oxygen atoms in total. The summed E-state index contributed by atoms with van der Waals surface area (Å²) in [6.07, 6.45) is 2.11. The van der Waals surface area contributed by atoms with Crippen LogP contribution in [0.25, 0.3) is 0 Å². The van der Waals surface area contributed by atoms with Crippen molar-refractivity contribution < 1.29 is 9.90 Å². The number of rotatable bonds is 2. The van der Waals surface area contributed by atoms with Gasteiger partial charge in [-0.25, -0.2) is 4.79 Å². The number of aromatic carboxylic acids is 1. The standard InChI is InChI=1S/C12H16N2O2/c13-10-2-1-7-14-11(10)8-3-5-9(6-4-8)12(15)16/h3-6,10-11,14H,1-2,7,13H2,(H,15,16). The van der Waals surface area contributed by atoms with Gasteiger partial charge in [0, 0.05) is 12.1 Å². The Labute approximate surface area is 94.5 Å². The third-order valence-corrected chi connectivity index (χ3v) is 3.02. The Hall–Kier alpha value is -1.39. The molecule has 0 bridgehead atoms. The Morgan fingerprint density at radius 1 is 1.38 bits per heavy atom. The number of carboxylic acids is 1. The van der Waals surface area contributed by atoms with Crippen molar-refractivity contribution in [2.75, 3.05) is 6.54 Å². The average Bonchev–Trinajstić information content (AvgIpc) is 2.30. The van der Waals surface area contributed by atoms with Crippen LogP contribution in [0.2, 0.25) is 0 Å². The molecule has 2 atom stereocenters. The van der Waals surface area contributed by atoms with E-state index in [4.69, 9.17) is 10.8 Å². The molecule has 2 rings (SSSR count). The van der Waals surface area contributed by atoms with E-state index >= 15 is 0 Å². The van der Waals surface area contributed by atoms with Crippen LogP contribution in [0.1, 0.15) is 34.8 Å². The molecule has 4 N–H and O–H groups in total. The second kappa shape index (κ2) is 4.63. The van der Waals surface area contributed by atoms with Gasteiger partial charge in [0.05, 0.1) is 5.56 Å². The minimum atomic E-state index is -0.896. The van der Waals surface area contributed by atoms with E-state index in [0.717, 1.165) is 24.9 Å². The van der Waals surface area contributed by atoms with Crippen molar-refractivity contribution in [2.24, 2.45) is 5.73 Å². The Morgan fingerprint density at radius 3 is 2.62 bits per heavy atom. The number of carboxylic acid groups (broad SMARTS) is 1. The van der Waals surface area contributed by atoms with Crippen LogP contribution in [0.15, 0.2) is 24.3 Å². The fraction of sp³-hybridized carbons (Fsp3) is 0.417. The van der Waals surface area contributed by atoms with E-state index in [0.29, 0.717) is 5.56 Å². The number of carbonyl (C=O) groups is 1. The van der Waals surface area contributed by atoms with Gasteiger partial charge in [-0.15, -0.1) is 0 Å². The molecule has 86 valence electrons. The van der Waals surface area contributed by atoms with Crippen LogP contribution in [-0.2, 0) is 0 Å². The summed E-state index contributed by atoms with van der Waals surface area (Å²) < 4.78 is 0. The van der Waals surface area contributed by atoms with Crippen LogP contribution in [0.3, 0.4) is 0 Å². The first-order valence-electron chi connectivity index (χ1n) is 5.50. The van der Waals surface area contributed by atoms with Crippen LogP contribution >= 0.6 is 0 Å².